The lowest BCUT2D eigenvalue weighted by Crippen LogP contribution is -2.34. The van der Waals surface area contributed by atoms with Crippen LogP contribution in [-0.4, -0.2) is 15.7 Å². The zero-order chi connectivity index (χ0) is 20.9. The molecule has 4 aromatic rings. The number of amides is 1. The second kappa shape index (κ2) is 6.66. The van der Waals surface area contributed by atoms with Gasteiger partial charge < -0.3 is 5.11 Å². The van der Waals surface area contributed by atoms with Gasteiger partial charge in [0.05, 0.1) is 11.0 Å². The highest BCUT2D eigenvalue weighted by Gasteiger charge is 2.27. The van der Waals surface area contributed by atoms with E-state index < -0.39 is 0 Å². The number of aryl methyl sites for hydroxylation is 1. The third-order valence-electron chi connectivity index (χ3n) is 5.32. The van der Waals surface area contributed by atoms with Crippen LogP contribution in [-0.2, 0) is 10.2 Å². The molecule has 0 saturated carbocycles. The number of benzene rings is 3. The van der Waals surface area contributed by atoms with Crippen molar-refractivity contribution in [2.75, 3.05) is 5.01 Å². The van der Waals surface area contributed by atoms with E-state index in [1.165, 1.54) is 6.92 Å². The predicted molar refractivity (Wildman–Crippen MR) is 120 cm³/mol. The number of hydrogen-bond donors (Lipinski definition) is 1. The molecular formula is C25H26N2O2. The molecule has 0 radical (unpaired) electrons. The van der Waals surface area contributed by atoms with Crippen molar-refractivity contribution >= 4 is 33.4 Å². The quantitative estimate of drug-likeness (QED) is 0.465. The van der Waals surface area contributed by atoms with Gasteiger partial charge in [-0.05, 0) is 36.1 Å². The Labute approximate surface area is 171 Å². The standard InChI is InChI=1S/C25H26N2O2/c1-16-14-20(25(3,4)5)24(29)23(15-16)26(17(2)28)27-21-12-8-6-10-18(21)19-11-7-9-13-22(19)27/h6-15,29H,1-5H3. The first-order valence-electron chi connectivity index (χ1n) is 9.83. The molecule has 1 amide bonds. The van der Waals surface area contributed by atoms with E-state index in [0.29, 0.717) is 5.69 Å². The minimum absolute atomic E-state index is 0.139. The fourth-order valence-electron chi connectivity index (χ4n) is 4.03. The van der Waals surface area contributed by atoms with Crippen LogP contribution in [0.25, 0.3) is 21.8 Å². The number of fused-ring (bicyclic) bond motifs is 3. The Bertz CT molecular complexity index is 1190. The van der Waals surface area contributed by atoms with E-state index in [-0.39, 0.29) is 17.1 Å². The van der Waals surface area contributed by atoms with Crippen LogP contribution in [0.15, 0.2) is 60.7 Å². The summed E-state index contributed by atoms with van der Waals surface area (Å²) >= 11 is 0. The van der Waals surface area contributed by atoms with Crippen LogP contribution in [0, 0.1) is 6.92 Å². The van der Waals surface area contributed by atoms with E-state index in [1.54, 1.807) is 5.01 Å². The van der Waals surface area contributed by atoms with Crippen molar-refractivity contribution in [2.24, 2.45) is 0 Å². The molecule has 4 heteroatoms. The fraction of sp³-hybridized carbons (Fsp3) is 0.240. The van der Waals surface area contributed by atoms with Crippen molar-refractivity contribution in [3.8, 4) is 5.75 Å². The minimum atomic E-state index is -0.256. The molecule has 1 aromatic heterocycles. The molecule has 1 heterocycles. The molecule has 0 atom stereocenters. The molecule has 0 aliphatic heterocycles. The summed E-state index contributed by atoms with van der Waals surface area (Å²) in [5, 5.41) is 14.9. The lowest BCUT2D eigenvalue weighted by Gasteiger charge is -2.29. The fourth-order valence-corrected chi connectivity index (χ4v) is 4.03. The van der Waals surface area contributed by atoms with Crippen LogP contribution in [0.5, 0.6) is 5.75 Å². The molecule has 4 rings (SSSR count). The number of phenolic OH excluding ortho intramolecular Hbond substituents is 1. The molecule has 148 valence electrons. The maximum Gasteiger partial charge on any atom is 0.243 e. The Kier molecular flexibility index (Phi) is 4.38. The molecule has 0 aliphatic carbocycles. The first kappa shape index (κ1) is 19.1. The molecule has 29 heavy (non-hydrogen) atoms. The first-order chi connectivity index (χ1) is 13.7. The van der Waals surface area contributed by atoms with Crippen LogP contribution < -0.4 is 5.01 Å². The molecule has 4 nitrogen and oxygen atoms in total. The first-order valence-corrected chi connectivity index (χ1v) is 9.83. The van der Waals surface area contributed by atoms with Crippen LogP contribution >= 0.6 is 0 Å². The van der Waals surface area contributed by atoms with Gasteiger partial charge in [-0.15, -0.1) is 0 Å². The summed E-state index contributed by atoms with van der Waals surface area (Å²) < 4.78 is 1.91. The number of nitrogens with zero attached hydrogens (tertiary/aromatic N) is 2. The third-order valence-corrected chi connectivity index (χ3v) is 5.32. The number of anilines is 1. The van der Waals surface area contributed by atoms with Gasteiger partial charge in [-0.2, -0.15) is 0 Å². The Balaban J connectivity index is 2.10. The Morgan fingerprint density at radius 2 is 1.45 bits per heavy atom. The van der Waals surface area contributed by atoms with Gasteiger partial charge in [-0.25, -0.2) is 9.69 Å². The van der Waals surface area contributed by atoms with E-state index in [0.717, 1.165) is 32.9 Å². The minimum Gasteiger partial charge on any atom is -0.505 e. The van der Waals surface area contributed by atoms with Crippen molar-refractivity contribution in [2.45, 2.75) is 40.0 Å². The molecule has 1 N–H and O–H groups in total. The van der Waals surface area contributed by atoms with Crippen LogP contribution in [0.3, 0.4) is 0 Å². The summed E-state index contributed by atoms with van der Waals surface area (Å²) in [4.78, 5) is 12.9. The Morgan fingerprint density at radius 3 is 1.93 bits per heavy atom. The monoisotopic (exact) mass is 386 g/mol. The highest BCUT2D eigenvalue weighted by Crippen LogP contribution is 2.41. The normalized spacial score (nSPS) is 11.9. The zero-order valence-electron chi connectivity index (χ0n) is 17.5. The van der Waals surface area contributed by atoms with Crippen molar-refractivity contribution < 1.29 is 9.90 Å². The molecule has 0 spiro atoms. The highest BCUT2D eigenvalue weighted by atomic mass is 16.3. The van der Waals surface area contributed by atoms with E-state index in [2.05, 4.69) is 32.9 Å². The van der Waals surface area contributed by atoms with Gasteiger partial charge in [-0.3, -0.25) is 4.79 Å². The average molecular weight is 386 g/mol. The number of rotatable bonds is 2. The number of aromatic nitrogens is 1. The van der Waals surface area contributed by atoms with Gasteiger partial charge in [0.1, 0.15) is 11.4 Å². The highest BCUT2D eigenvalue weighted by molar-refractivity contribution is 6.10. The summed E-state index contributed by atoms with van der Waals surface area (Å²) in [5.41, 5.74) is 3.89. The van der Waals surface area contributed by atoms with Crippen molar-refractivity contribution in [3.63, 3.8) is 0 Å². The van der Waals surface area contributed by atoms with Crippen LogP contribution in [0.1, 0.15) is 38.8 Å². The lowest BCUT2D eigenvalue weighted by atomic mass is 9.85. The van der Waals surface area contributed by atoms with E-state index in [4.69, 9.17) is 0 Å². The largest absolute Gasteiger partial charge is 0.505 e. The molecule has 0 fully saturated rings. The lowest BCUT2D eigenvalue weighted by molar-refractivity contribution is -0.117. The number of carbonyl (C=O) groups is 1. The summed E-state index contributed by atoms with van der Waals surface area (Å²) in [6.07, 6.45) is 0. The number of para-hydroxylation sites is 2. The van der Waals surface area contributed by atoms with Gasteiger partial charge in [0.25, 0.3) is 0 Å². The van der Waals surface area contributed by atoms with Gasteiger partial charge in [0, 0.05) is 23.3 Å². The number of hydrogen-bond acceptors (Lipinski definition) is 2. The van der Waals surface area contributed by atoms with Gasteiger partial charge in [-0.1, -0.05) is 63.2 Å². The Hall–Kier alpha value is -3.27. The van der Waals surface area contributed by atoms with Gasteiger partial charge in [0.15, 0.2) is 0 Å². The molecule has 3 aromatic carbocycles. The van der Waals surface area contributed by atoms with E-state index >= 15 is 0 Å². The van der Waals surface area contributed by atoms with Crippen LogP contribution in [0.4, 0.5) is 5.69 Å². The summed E-state index contributed by atoms with van der Waals surface area (Å²) in [7, 11) is 0. The summed E-state index contributed by atoms with van der Waals surface area (Å²) in [6.45, 7) is 9.70. The third kappa shape index (κ3) is 3.05. The molecule has 0 aliphatic rings. The van der Waals surface area contributed by atoms with Crippen molar-refractivity contribution in [1.82, 2.24) is 4.68 Å². The number of carbonyl (C=O) groups excluding carboxylic acids is 1. The van der Waals surface area contributed by atoms with Crippen molar-refractivity contribution in [1.29, 1.82) is 0 Å². The summed E-state index contributed by atoms with van der Waals surface area (Å²) in [5.74, 6) is -0.0302. The van der Waals surface area contributed by atoms with Crippen molar-refractivity contribution in [3.05, 3.63) is 71.8 Å². The Morgan fingerprint density at radius 1 is 0.931 bits per heavy atom. The summed E-state index contributed by atoms with van der Waals surface area (Å²) in [6, 6.07) is 19.9. The van der Waals surface area contributed by atoms with Crippen LogP contribution in [0.2, 0.25) is 0 Å². The number of aromatic hydroxyl groups is 1. The van der Waals surface area contributed by atoms with Gasteiger partial charge >= 0.3 is 0 Å². The smallest absolute Gasteiger partial charge is 0.243 e. The topological polar surface area (TPSA) is 45.5 Å². The van der Waals surface area contributed by atoms with Gasteiger partial charge in [0.2, 0.25) is 5.91 Å². The molecular weight excluding hydrogens is 360 g/mol. The van der Waals surface area contributed by atoms with E-state index in [1.807, 2.05) is 60.1 Å². The molecule has 0 unspecified atom stereocenters. The van der Waals surface area contributed by atoms with E-state index in [9.17, 15) is 9.90 Å². The average Bonchev–Trinajstić information content (AvgIpc) is 2.98. The second-order valence-corrected chi connectivity index (χ2v) is 8.61. The number of phenols is 1. The zero-order valence-corrected chi connectivity index (χ0v) is 17.5. The second-order valence-electron chi connectivity index (χ2n) is 8.61. The maximum atomic E-state index is 12.9. The molecule has 0 saturated heterocycles. The SMILES string of the molecule is CC(=O)N(c1cc(C)cc(C(C)(C)C)c1O)n1c2ccccc2c2ccccc21. The predicted octanol–water partition coefficient (Wildman–Crippen LogP) is 5.92. The maximum absolute atomic E-state index is 12.9. The molecule has 0 bridgehead atoms.